The minimum absolute atomic E-state index is 0.0402. The number of benzene rings is 2. The molecular weight excluding hydrogens is 347 g/mol. The zero-order valence-electron chi connectivity index (χ0n) is 13.0. The van der Waals surface area contributed by atoms with Crippen molar-refractivity contribution in [1.82, 2.24) is 4.98 Å². The van der Waals surface area contributed by atoms with E-state index in [2.05, 4.69) is 4.98 Å². The highest BCUT2D eigenvalue weighted by Gasteiger charge is 2.23. The van der Waals surface area contributed by atoms with Gasteiger partial charge < -0.3 is 10.0 Å². The summed E-state index contributed by atoms with van der Waals surface area (Å²) in [6.45, 7) is 0. The van der Waals surface area contributed by atoms with Crippen molar-refractivity contribution in [1.29, 1.82) is 0 Å². The highest BCUT2D eigenvalue weighted by molar-refractivity contribution is 6.39. The normalized spacial score (nSPS) is 10.8. The summed E-state index contributed by atoms with van der Waals surface area (Å²) in [4.78, 5) is 18.0. The van der Waals surface area contributed by atoms with Crippen LogP contribution in [0.25, 0.3) is 22.0 Å². The molecule has 0 saturated carbocycles. The van der Waals surface area contributed by atoms with Gasteiger partial charge in [-0.15, -0.1) is 0 Å². The molecule has 0 saturated heterocycles. The van der Waals surface area contributed by atoms with Crippen LogP contribution in [0.15, 0.2) is 42.5 Å². The topological polar surface area (TPSA) is 53.4 Å². The first-order chi connectivity index (χ1) is 11.4. The van der Waals surface area contributed by atoms with Crippen LogP contribution in [0.3, 0.4) is 0 Å². The minimum Gasteiger partial charge on any atom is -0.476 e. The summed E-state index contributed by atoms with van der Waals surface area (Å²) in [7, 11) is 3.70. The van der Waals surface area contributed by atoms with E-state index in [1.54, 1.807) is 12.1 Å². The van der Waals surface area contributed by atoms with Gasteiger partial charge >= 0.3 is 5.97 Å². The maximum atomic E-state index is 11.8. The maximum absolute atomic E-state index is 11.8. The van der Waals surface area contributed by atoms with Gasteiger partial charge in [0, 0.05) is 30.1 Å². The fourth-order valence-electron chi connectivity index (χ4n) is 2.77. The number of aromatic nitrogens is 1. The summed E-state index contributed by atoms with van der Waals surface area (Å²) in [6.07, 6.45) is 0. The third kappa shape index (κ3) is 2.79. The Morgan fingerprint density at radius 1 is 1.12 bits per heavy atom. The lowest BCUT2D eigenvalue weighted by Gasteiger charge is -2.22. The highest BCUT2D eigenvalue weighted by atomic mass is 35.5. The predicted molar refractivity (Wildman–Crippen MR) is 98.5 cm³/mol. The lowest BCUT2D eigenvalue weighted by molar-refractivity contribution is 0.0692. The Balaban J connectivity index is 2.55. The lowest BCUT2D eigenvalue weighted by atomic mass is 9.98. The highest BCUT2D eigenvalue weighted by Crippen LogP contribution is 2.41. The van der Waals surface area contributed by atoms with Crippen molar-refractivity contribution in [2.45, 2.75) is 0 Å². The number of anilines is 1. The summed E-state index contributed by atoms with van der Waals surface area (Å²) in [5.41, 5.74) is 2.40. The quantitative estimate of drug-likeness (QED) is 0.715. The molecule has 0 unspecified atom stereocenters. The van der Waals surface area contributed by atoms with Crippen LogP contribution in [0, 0.1) is 0 Å². The van der Waals surface area contributed by atoms with Crippen molar-refractivity contribution < 1.29 is 9.90 Å². The van der Waals surface area contributed by atoms with E-state index in [0.717, 1.165) is 5.56 Å². The van der Waals surface area contributed by atoms with E-state index in [4.69, 9.17) is 23.2 Å². The van der Waals surface area contributed by atoms with Crippen LogP contribution < -0.4 is 4.90 Å². The van der Waals surface area contributed by atoms with E-state index in [1.807, 2.05) is 49.3 Å². The molecular formula is C18H14Cl2N2O2. The third-order valence-corrected chi connectivity index (χ3v) is 4.20. The molecule has 3 aromatic rings. The predicted octanol–water partition coefficient (Wildman–Crippen LogP) is 4.97. The standard InChI is InChI=1S/C18H14Cl2N2O2/c1-22(2)17-12-8-11(19)9-13(20)15(12)21-16(18(23)24)14(17)10-6-4-3-5-7-10/h3-9H,1-2H3,(H,23,24). The van der Waals surface area contributed by atoms with Crippen molar-refractivity contribution in [3.63, 3.8) is 0 Å². The first-order valence-corrected chi connectivity index (χ1v) is 7.94. The molecule has 0 bridgehead atoms. The smallest absolute Gasteiger partial charge is 0.355 e. The molecule has 0 aliphatic carbocycles. The van der Waals surface area contributed by atoms with Crippen molar-refractivity contribution >= 4 is 45.8 Å². The van der Waals surface area contributed by atoms with Gasteiger partial charge in [0.2, 0.25) is 0 Å². The molecule has 0 fully saturated rings. The molecule has 0 radical (unpaired) electrons. The first-order valence-electron chi connectivity index (χ1n) is 7.19. The van der Waals surface area contributed by atoms with Gasteiger partial charge in [-0.2, -0.15) is 0 Å². The van der Waals surface area contributed by atoms with Crippen LogP contribution in [0.5, 0.6) is 0 Å². The van der Waals surface area contributed by atoms with Crippen LogP contribution >= 0.6 is 23.2 Å². The van der Waals surface area contributed by atoms with Gasteiger partial charge in [-0.3, -0.25) is 0 Å². The molecule has 1 heterocycles. The monoisotopic (exact) mass is 360 g/mol. The largest absolute Gasteiger partial charge is 0.476 e. The van der Waals surface area contributed by atoms with Crippen molar-refractivity contribution in [2.75, 3.05) is 19.0 Å². The minimum atomic E-state index is -1.11. The second-order valence-corrected chi connectivity index (χ2v) is 6.38. The number of carboxylic acid groups (broad SMARTS) is 1. The number of rotatable bonds is 3. The van der Waals surface area contributed by atoms with E-state index in [-0.39, 0.29) is 5.69 Å². The molecule has 122 valence electrons. The number of nitrogens with zero attached hydrogens (tertiary/aromatic N) is 2. The zero-order chi connectivity index (χ0) is 17.4. The molecule has 1 N–H and O–H groups in total. The molecule has 4 nitrogen and oxygen atoms in total. The molecule has 3 rings (SSSR count). The third-order valence-electron chi connectivity index (χ3n) is 3.69. The summed E-state index contributed by atoms with van der Waals surface area (Å²) in [5, 5.41) is 11.2. The van der Waals surface area contributed by atoms with Crippen molar-refractivity contribution in [3.8, 4) is 11.1 Å². The fraction of sp³-hybridized carbons (Fsp3) is 0.111. The number of hydrogen-bond donors (Lipinski definition) is 1. The van der Waals surface area contributed by atoms with E-state index in [9.17, 15) is 9.90 Å². The van der Waals surface area contributed by atoms with Gasteiger partial charge in [0.05, 0.1) is 16.2 Å². The Hall–Kier alpha value is -2.30. The lowest BCUT2D eigenvalue weighted by Crippen LogP contribution is -2.15. The van der Waals surface area contributed by atoms with Crippen molar-refractivity contribution in [3.05, 3.63) is 58.2 Å². The molecule has 0 amide bonds. The van der Waals surface area contributed by atoms with Crippen LogP contribution in [0.2, 0.25) is 10.0 Å². The SMILES string of the molecule is CN(C)c1c(-c2ccccc2)c(C(=O)O)nc2c(Cl)cc(Cl)cc12. The van der Waals surface area contributed by atoms with Gasteiger partial charge in [0.15, 0.2) is 5.69 Å². The fourth-order valence-corrected chi connectivity index (χ4v) is 3.31. The van der Waals surface area contributed by atoms with Gasteiger partial charge in [-0.05, 0) is 17.7 Å². The molecule has 0 aliphatic heterocycles. The number of fused-ring (bicyclic) bond motifs is 1. The number of hydrogen-bond acceptors (Lipinski definition) is 3. The van der Waals surface area contributed by atoms with Gasteiger partial charge in [-0.25, -0.2) is 9.78 Å². The molecule has 0 spiro atoms. The van der Waals surface area contributed by atoms with Crippen LogP contribution in [0.4, 0.5) is 5.69 Å². The molecule has 0 aliphatic rings. The molecule has 0 atom stereocenters. The summed E-state index contributed by atoms with van der Waals surface area (Å²) < 4.78 is 0. The van der Waals surface area contributed by atoms with E-state index < -0.39 is 5.97 Å². The maximum Gasteiger partial charge on any atom is 0.355 e. The molecule has 6 heteroatoms. The van der Waals surface area contributed by atoms with Gasteiger partial charge in [0.25, 0.3) is 0 Å². The number of pyridine rings is 1. The van der Waals surface area contributed by atoms with Crippen LogP contribution in [-0.4, -0.2) is 30.2 Å². The van der Waals surface area contributed by atoms with Crippen LogP contribution in [-0.2, 0) is 0 Å². The molecule has 24 heavy (non-hydrogen) atoms. The number of carboxylic acids is 1. The second-order valence-electron chi connectivity index (χ2n) is 5.53. The van der Waals surface area contributed by atoms with E-state index >= 15 is 0 Å². The summed E-state index contributed by atoms with van der Waals surface area (Å²) >= 11 is 12.4. The summed E-state index contributed by atoms with van der Waals surface area (Å²) in [5.74, 6) is -1.11. The Labute approximate surface area is 149 Å². The average molecular weight is 361 g/mol. The Bertz CT molecular complexity index is 941. The second kappa shape index (κ2) is 6.30. The Kier molecular flexibility index (Phi) is 4.35. The van der Waals surface area contributed by atoms with Crippen molar-refractivity contribution in [2.24, 2.45) is 0 Å². The zero-order valence-corrected chi connectivity index (χ0v) is 14.6. The van der Waals surface area contributed by atoms with Gasteiger partial charge in [0.1, 0.15) is 0 Å². The number of halogens is 2. The van der Waals surface area contributed by atoms with Gasteiger partial charge in [-0.1, -0.05) is 53.5 Å². The molecule has 2 aromatic carbocycles. The van der Waals surface area contributed by atoms with E-state index in [1.165, 1.54) is 0 Å². The molecule has 1 aromatic heterocycles. The summed E-state index contributed by atoms with van der Waals surface area (Å²) in [6, 6.07) is 12.6. The number of aromatic carboxylic acids is 1. The van der Waals surface area contributed by atoms with E-state index in [0.29, 0.717) is 32.2 Å². The number of carbonyl (C=O) groups is 1. The average Bonchev–Trinajstić information content (AvgIpc) is 2.53. The Morgan fingerprint density at radius 2 is 1.79 bits per heavy atom. The first kappa shape index (κ1) is 16.6. The Morgan fingerprint density at radius 3 is 2.38 bits per heavy atom. The van der Waals surface area contributed by atoms with Crippen LogP contribution in [0.1, 0.15) is 10.5 Å².